The van der Waals surface area contributed by atoms with E-state index in [-0.39, 0.29) is 5.41 Å². The van der Waals surface area contributed by atoms with Crippen LogP contribution in [0.5, 0.6) is 0 Å². The Morgan fingerprint density at radius 2 is 1.26 bits per heavy atom. The highest BCUT2D eigenvalue weighted by molar-refractivity contribution is 6.16. The molecule has 3 heterocycles. The number of nitrogens with zero attached hydrogens (tertiary/aromatic N) is 3. The predicted molar refractivity (Wildman–Crippen MR) is 192 cm³/mol. The van der Waals surface area contributed by atoms with E-state index in [2.05, 4.69) is 109 Å². The van der Waals surface area contributed by atoms with Gasteiger partial charge in [-0.1, -0.05) is 129 Å². The average molecular weight is 604 g/mol. The van der Waals surface area contributed by atoms with Gasteiger partial charge in [0.15, 0.2) is 5.82 Å². The highest BCUT2D eigenvalue weighted by atomic mass is 16.3. The topological polar surface area (TPSA) is 43.9 Å². The van der Waals surface area contributed by atoms with E-state index in [4.69, 9.17) is 14.4 Å². The minimum atomic E-state index is -0.140. The molecule has 0 saturated carbocycles. The molecule has 0 unspecified atom stereocenters. The maximum atomic E-state index is 6.39. The molecule has 0 spiro atoms. The highest BCUT2D eigenvalue weighted by Crippen LogP contribution is 2.53. The van der Waals surface area contributed by atoms with Crippen molar-refractivity contribution < 1.29 is 4.42 Å². The van der Waals surface area contributed by atoms with Crippen molar-refractivity contribution in [1.29, 1.82) is 0 Å². The zero-order valence-corrected chi connectivity index (χ0v) is 26.0. The Morgan fingerprint density at radius 1 is 0.553 bits per heavy atom. The van der Waals surface area contributed by atoms with E-state index in [1.807, 2.05) is 48.5 Å². The monoisotopic (exact) mass is 603 g/mol. The molecule has 222 valence electrons. The summed E-state index contributed by atoms with van der Waals surface area (Å²) in [6, 6.07) is 49.2. The molecule has 47 heavy (non-hydrogen) atoms. The summed E-state index contributed by atoms with van der Waals surface area (Å²) in [7, 11) is 0. The quantitative estimate of drug-likeness (QED) is 0.202. The molecule has 9 aromatic rings. The van der Waals surface area contributed by atoms with Gasteiger partial charge in [-0.25, -0.2) is 4.98 Å². The molecule has 4 nitrogen and oxygen atoms in total. The number of hydrogen-bond donors (Lipinski definition) is 0. The van der Waals surface area contributed by atoms with Gasteiger partial charge in [0.2, 0.25) is 5.71 Å². The maximum Gasteiger partial charge on any atom is 0.231 e. The van der Waals surface area contributed by atoms with Crippen molar-refractivity contribution in [2.75, 3.05) is 0 Å². The lowest BCUT2D eigenvalue weighted by molar-refractivity contribution is 0.653. The summed E-state index contributed by atoms with van der Waals surface area (Å²) in [6.45, 7) is 4.73. The summed E-state index contributed by atoms with van der Waals surface area (Å²) in [6.07, 6.45) is 0. The number of rotatable bonds is 3. The number of hydrogen-bond acceptors (Lipinski definition) is 3. The molecular formula is C43H29N3O. The van der Waals surface area contributed by atoms with Crippen molar-refractivity contribution in [2.24, 2.45) is 0 Å². The number of para-hydroxylation sites is 3. The molecule has 6 aromatic carbocycles. The first-order chi connectivity index (χ1) is 23.1. The van der Waals surface area contributed by atoms with Crippen LogP contribution in [0.3, 0.4) is 0 Å². The third kappa shape index (κ3) is 3.58. The molecule has 1 aliphatic rings. The third-order valence-electron chi connectivity index (χ3n) is 10.0. The molecule has 0 N–H and O–H groups in total. The van der Waals surface area contributed by atoms with Crippen LogP contribution in [-0.2, 0) is 5.41 Å². The van der Waals surface area contributed by atoms with Crippen LogP contribution >= 0.6 is 0 Å². The fourth-order valence-corrected chi connectivity index (χ4v) is 7.99. The highest BCUT2D eigenvalue weighted by Gasteiger charge is 2.38. The van der Waals surface area contributed by atoms with Crippen molar-refractivity contribution in [3.05, 3.63) is 151 Å². The zero-order valence-electron chi connectivity index (χ0n) is 26.0. The van der Waals surface area contributed by atoms with Gasteiger partial charge >= 0.3 is 0 Å². The van der Waals surface area contributed by atoms with Gasteiger partial charge in [-0.15, -0.1) is 0 Å². The largest absolute Gasteiger partial charge is 0.438 e. The predicted octanol–water partition coefficient (Wildman–Crippen LogP) is 11.1. The minimum absolute atomic E-state index is 0.140. The van der Waals surface area contributed by atoms with Crippen molar-refractivity contribution in [2.45, 2.75) is 19.3 Å². The lowest BCUT2D eigenvalue weighted by Crippen LogP contribution is -2.15. The number of fused-ring (bicyclic) bond motifs is 10. The molecule has 1 aliphatic carbocycles. The summed E-state index contributed by atoms with van der Waals surface area (Å²) >= 11 is 0. The summed E-state index contributed by atoms with van der Waals surface area (Å²) in [4.78, 5) is 10.3. The lowest BCUT2D eigenvalue weighted by atomic mass is 9.80. The van der Waals surface area contributed by atoms with E-state index in [1.54, 1.807) is 0 Å². The van der Waals surface area contributed by atoms with Gasteiger partial charge in [0.1, 0.15) is 5.58 Å². The van der Waals surface area contributed by atoms with Gasteiger partial charge in [0, 0.05) is 32.7 Å². The van der Waals surface area contributed by atoms with Crippen LogP contribution in [0.1, 0.15) is 25.0 Å². The molecule has 4 heteroatoms. The molecule has 0 radical (unpaired) electrons. The van der Waals surface area contributed by atoms with Gasteiger partial charge < -0.3 is 8.98 Å². The summed E-state index contributed by atoms with van der Waals surface area (Å²) in [5.74, 6) is 0.640. The Morgan fingerprint density at radius 3 is 2.13 bits per heavy atom. The molecule has 0 aliphatic heterocycles. The molecule has 10 rings (SSSR count). The van der Waals surface area contributed by atoms with E-state index in [0.29, 0.717) is 11.5 Å². The van der Waals surface area contributed by atoms with Gasteiger partial charge in [-0.05, 0) is 46.5 Å². The van der Waals surface area contributed by atoms with Gasteiger partial charge in [-0.2, -0.15) is 4.98 Å². The van der Waals surface area contributed by atoms with Crippen molar-refractivity contribution in [3.63, 3.8) is 0 Å². The SMILES string of the molecule is CC1(C)c2ccccc2-c2ccc3c(c21)c1ccccc1n3-c1ccccc1-c1nc(-c2ccccc2)nc2oc3ccccc3c12. The van der Waals surface area contributed by atoms with Crippen LogP contribution in [0.4, 0.5) is 0 Å². The molecule has 0 fully saturated rings. The molecule has 0 saturated heterocycles. The first-order valence-electron chi connectivity index (χ1n) is 16.1. The van der Waals surface area contributed by atoms with Gasteiger partial charge in [-0.3, -0.25) is 0 Å². The standard InChI is InChI=1S/C43H29N3O/c1-43(2)32-20-10-6-16-27(32)28-24-25-35-37(39(28)43)29-17-7-11-21-33(29)46(35)34-22-12-8-18-30(34)40-38-31-19-9-13-23-36(31)47-42(38)45-41(44-40)26-14-4-3-5-15-26/h3-25H,1-2H3. The number of furan rings is 1. The van der Waals surface area contributed by atoms with Crippen LogP contribution in [0, 0.1) is 0 Å². The van der Waals surface area contributed by atoms with Crippen LogP contribution in [0.15, 0.2) is 144 Å². The van der Waals surface area contributed by atoms with E-state index in [0.717, 1.165) is 38.9 Å². The summed E-state index contributed by atoms with van der Waals surface area (Å²) in [5, 5.41) is 4.49. The Kier molecular flexibility index (Phi) is 5.31. The zero-order chi connectivity index (χ0) is 31.3. The van der Waals surface area contributed by atoms with Crippen molar-refractivity contribution in [1.82, 2.24) is 14.5 Å². The molecular weight excluding hydrogens is 574 g/mol. The van der Waals surface area contributed by atoms with Crippen LogP contribution < -0.4 is 0 Å². The lowest BCUT2D eigenvalue weighted by Gasteiger charge is -2.22. The second-order valence-electron chi connectivity index (χ2n) is 13.0. The fraction of sp³-hybridized carbons (Fsp3) is 0.0698. The van der Waals surface area contributed by atoms with Crippen molar-refractivity contribution >= 4 is 43.9 Å². The molecule has 3 aromatic heterocycles. The van der Waals surface area contributed by atoms with Crippen LogP contribution in [-0.4, -0.2) is 14.5 Å². The molecule has 0 bridgehead atoms. The number of benzene rings is 6. The molecule has 0 atom stereocenters. The first-order valence-corrected chi connectivity index (χ1v) is 16.1. The summed E-state index contributed by atoms with van der Waals surface area (Å²) < 4.78 is 8.82. The van der Waals surface area contributed by atoms with E-state index in [1.165, 1.54) is 44.1 Å². The smallest absolute Gasteiger partial charge is 0.231 e. The van der Waals surface area contributed by atoms with E-state index < -0.39 is 0 Å². The van der Waals surface area contributed by atoms with Crippen molar-refractivity contribution in [3.8, 4) is 39.5 Å². The second-order valence-corrected chi connectivity index (χ2v) is 13.0. The first kappa shape index (κ1) is 26.2. The van der Waals surface area contributed by atoms with E-state index in [9.17, 15) is 0 Å². The fourth-order valence-electron chi connectivity index (χ4n) is 7.99. The van der Waals surface area contributed by atoms with Crippen LogP contribution in [0.2, 0.25) is 0 Å². The van der Waals surface area contributed by atoms with Crippen LogP contribution in [0.25, 0.3) is 83.3 Å². The minimum Gasteiger partial charge on any atom is -0.438 e. The average Bonchev–Trinajstić information content (AvgIpc) is 3.74. The van der Waals surface area contributed by atoms with Gasteiger partial charge in [0.05, 0.1) is 27.8 Å². The van der Waals surface area contributed by atoms with Gasteiger partial charge in [0.25, 0.3) is 0 Å². The molecule has 0 amide bonds. The summed E-state index contributed by atoms with van der Waals surface area (Å²) in [5.41, 5.74) is 12.9. The third-order valence-corrected chi connectivity index (χ3v) is 10.0. The number of aromatic nitrogens is 3. The Hall–Kier alpha value is -6.00. The Bertz CT molecular complexity index is 2710. The second kappa shape index (κ2) is 9.51. The maximum absolute atomic E-state index is 6.39. The Labute approximate surface area is 271 Å². The van der Waals surface area contributed by atoms with E-state index >= 15 is 0 Å². The normalized spacial score (nSPS) is 13.5. The Balaban J connectivity index is 1.32.